The molecule has 3 rings (SSSR count). The Bertz CT molecular complexity index is 832. The first-order chi connectivity index (χ1) is 10.7. The van der Waals surface area contributed by atoms with Crippen molar-refractivity contribution in [3.63, 3.8) is 0 Å². The van der Waals surface area contributed by atoms with Crippen LogP contribution < -0.4 is 0 Å². The van der Waals surface area contributed by atoms with E-state index in [1.54, 1.807) is 6.07 Å². The Morgan fingerprint density at radius 2 is 1.82 bits per heavy atom. The molecule has 0 radical (unpaired) electrons. The first kappa shape index (κ1) is 14.1. The van der Waals surface area contributed by atoms with E-state index in [1.165, 1.54) is 29.5 Å². The lowest BCUT2D eigenvalue weighted by molar-refractivity contribution is 0.0597. The van der Waals surface area contributed by atoms with Crippen LogP contribution in [0.15, 0.2) is 60.7 Å². The summed E-state index contributed by atoms with van der Waals surface area (Å²) >= 11 is 0. The molecule has 0 aliphatic rings. The predicted molar refractivity (Wildman–Crippen MR) is 86.2 cm³/mol. The highest BCUT2D eigenvalue weighted by atomic mass is 16.5. The zero-order chi connectivity index (χ0) is 15.5. The number of fused-ring (bicyclic) bond motifs is 1. The minimum absolute atomic E-state index is 0.0616. The number of aromatic hydroxyl groups is 1. The topological polar surface area (TPSA) is 46.5 Å². The van der Waals surface area contributed by atoms with Crippen LogP contribution in [0.1, 0.15) is 21.5 Å². The lowest BCUT2D eigenvalue weighted by atomic mass is 9.97. The van der Waals surface area contributed by atoms with Gasteiger partial charge in [0.25, 0.3) is 0 Å². The van der Waals surface area contributed by atoms with Crippen molar-refractivity contribution in [2.24, 2.45) is 0 Å². The molecule has 110 valence electrons. The summed E-state index contributed by atoms with van der Waals surface area (Å²) in [5.74, 6) is -0.592. The van der Waals surface area contributed by atoms with Gasteiger partial charge >= 0.3 is 5.97 Å². The van der Waals surface area contributed by atoms with E-state index in [1.807, 2.05) is 24.3 Å². The Balaban J connectivity index is 2.00. The number of phenols is 1. The highest BCUT2D eigenvalue weighted by Gasteiger charge is 2.12. The van der Waals surface area contributed by atoms with Gasteiger partial charge in [-0.15, -0.1) is 0 Å². The van der Waals surface area contributed by atoms with Gasteiger partial charge in [0.15, 0.2) is 0 Å². The maximum Gasteiger partial charge on any atom is 0.341 e. The first-order valence-electron chi connectivity index (χ1n) is 7.06. The molecular weight excluding hydrogens is 276 g/mol. The highest BCUT2D eigenvalue weighted by molar-refractivity contribution is 5.92. The summed E-state index contributed by atoms with van der Waals surface area (Å²) in [4.78, 5) is 11.7. The Kier molecular flexibility index (Phi) is 3.79. The fraction of sp³-hybridized carbons (Fsp3) is 0.105. The van der Waals surface area contributed by atoms with Gasteiger partial charge in [-0.3, -0.25) is 0 Å². The van der Waals surface area contributed by atoms with Gasteiger partial charge in [0, 0.05) is 0 Å². The Labute approximate surface area is 128 Å². The number of hydrogen-bond acceptors (Lipinski definition) is 3. The molecule has 0 aliphatic heterocycles. The van der Waals surface area contributed by atoms with Gasteiger partial charge < -0.3 is 9.84 Å². The van der Waals surface area contributed by atoms with Crippen molar-refractivity contribution in [1.29, 1.82) is 0 Å². The van der Waals surface area contributed by atoms with Crippen molar-refractivity contribution in [3.8, 4) is 5.75 Å². The molecule has 3 nitrogen and oxygen atoms in total. The van der Waals surface area contributed by atoms with Crippen molar-refractivity contribution in [3.05, 3.63) is 77.4 Å². The second kappa shape index (κ2) is 5.90. The summed E-state index contributed by atoms with van der Waals surface area (Å²) in [6.07, 6.45) is 0.686. The van der Waals surface area contributed by atoms with Crippen LogP contribution >= 0.6 is 0 Å². The number of esters is 1. The summed E-state index contributed by atoms with van der Waals surface area (Å²) in [6.45, 7) is 0. The number of rotatable bonds is 3. The molecule has 0 atom stereocenters. The van der Waals surface area contributed by atoms with Crippen molar-refractivity contribution in [1.82, 2.24) is 0 Å². The summed E-state index contributed by atoms with van der Waals surface area (Å²) in [5.41, 5.74) is 2.33. The number of phenolic OH excluding ortho intramolecular Hbond substituents is 1. The highest BCUT2D eigenvalue weighted by Crippen LogP contribution is 2.24. The second-order valence-corrected chi connectivity index (χ2v) is 5.16. The summed E-state index contributed by atoms with van der Waals surface area (Å²) in [7, 11) is 1.30. The summed E-state index contributed by atoms with van der Waals surface area (Å²) in [6, 6.07) is 19.4. The van der Waals surface area contributed by atoms with E-state index in [9.17, 15) is 9.90 Å². The molecule has 1 N–H and O–H groups in total. The van der Waals surface area contributed by atoms with Crippen molar-refractivity contribution < 1.29 is 14.6 Å². The van der Waals surface area contributed by atoms with E-state index in [-0.39, 0.29) is 11.3 Å². The van der Waals surface area contributed by atoms with Crippen LogP contribution in [0.25, 0.3) is 10.8 Å². The van der Waals surface area contributed by atoms with Gasteiger partial charge in [0.2, 0.25) is 0 Å². The number of carbonyl (C=O) groups is 1. The average molecular weight is 292 g/mol. The fourth-order valence-corrected chi connectivity index (χ4v) is 2.63. The van der Waals surface area contributed by atoms with Gasteiger partial charge in [-0.05, 0) is 40.5 Å². The van der Waals surface area contributed by atoms with Crippen molar-refractivity contribution in [2.45, 2.75) is 6.42 Å². The average Bonchev–Trinajstić information content (AvgIpc) is 2.56. The number of carbonyl (C=O) groups excluding carboxylic acids is 1. The Hall–Kier alpha value is -2.81. The smallest absolute Gasteiger partial charge is 0.341 e. The molecule has 0 amide bonds. The van der Waals surface area contributed by atoms with Crippen LogP contribution in [0, 0.1) is 0 Å². The third-order valence-electron chi connectivity index (χ3n) is 3.74. The van der Waals surface area contributed by atoms with Gasteiger partial charge in [0.1, 0.15) is 11.3 Å². The minimum Gasteiger partial charge on any atom is -0.507 e. The molecule has 0 spiro atoms. The SMILES string of the molecule is COC(=O)c1cc(Cc2cccc3ccccc23)ccc1O. The molecule has 0 unspecified atom stereocenters. The lowest BCUT2D eigenvalue weighted by Gasteiger charge is -2.09. The molecule has 0 heterocycles. The van der Waals surface area contributed by atoms with Crippen molar-refractivity contribution in [2.75, 3.05) is 7.11 Å². The number of hydrogen-bond donors (Lipinski definition) is 1. The molecule has 0 saturated carbocycles. The van der Waals surface area contributed by atoms with Gasteiger partial charge in [0.05, 0.1) is 7.11 Å². The Morgan fingerprint density at radius 1 is 1.05 bits per heavy atom. The minimum atomic E-state index is -0.530. The van der Waals surface area contributed by atoms with E-state index in [0.29, 0.717) is 6.42 Å². The fourth-order valence-electron chi connectivity index (χ4n) is 2.63. The monoisotopic (exact) mass is 292 g/mol. The van der Waals surface area contributed by atoms with Crippen LogP contribution in [0.5, 0.6) is 5.75 Å². The van der Waals surface area contributed by atoms with Crippen LogP contribution in [0.2, 0.25) is 0 Å². The molecule has 0 saturated heterocycles. The van der Waals surface area contributed by atoms with Crippen LogP contribution in [-0.2, 0) is 11.2 Å². The van der Waals surface area contributed by atoms with Crippen molar-refractivity contribution >= 4 is 16.7 Å². The molecule has 3 heteroatoms. The molecule has 3 aromatic rings. The number of benzene rings is 3. The molecule has 3 aromatic carbocycles. The number of methoxy groups -OCH3 is 1. The summed E-state index contributed by atoms with van der Waals surface area (Å²) in [5, 5.41) is 12.2. The maximum absolute atomic E-state index is 11.7. The lowest BCUT2D eigenvalue weighted by Crippen LogP contribution is -2.02. The molecule has 0 aliphatic carbocycles. The van der Waals surface area contributed by atoms with Gasteiger partial charge in [-0.2, -0.15) is 0 Å². The number of ether oxygens (including phenoxy) is 1. The predicted octanol–water partition coefficient (Wildman–Crippen LogP) is 3.92. The quantitative estimate of drug-likeness (QED) is 0.744. The summed E-state index contributed by atoms with van der Waals surface area (Å²) < 4.78 is 4.69. The normalized spacial score (nSPS) is 10.6. The van der Waals surface area contributed by atoms with E-state index in [2.05, 4.69) is 24.3 Å². The Morgan fingerprint density at radius 3 is 2.64 bits per heavy atom. The van der Waals surface area contributed by atoms with E-state index < -0.39 is 5.97 Å². The van der Waals surface area contributed by atoms with E-state index in [4.69, 9.17) is 4.74 Å². The molecule has 0 bridgehead atoms. The third kappa shape index (κ3) is 2.66. The van der Waals surface area contributed by atoms with Crippen LogP contribution in [0.3, 0.4) is 0 Å². The third-order valence-corrected chi connectivity index (χ3v) is 3.74. The maximum atomic E-state index is 11.7. The van der Waals surface area contributed by atoms with Crippen LogP contribution in [0.4, 0.5) is 0 Å². The van der Waals surface area contributed by atoms with Gasteiger partial charge in [-0.1, -0.05) is 48.5 Å². The van der Waals surface area contributed by atoms with Crippen LogP contribution in [-0.4, -0.2) is 18.2 Å². The molecule has 0 fully saturated rings. The largest absolute Gasteiger partial charge is 0.507 e. The van der Waals surface area contributed by atoms with Gasteiger partial charge in [-0.25, -0.2) is 4.79 Å². The standard InChI is InChI=1S/C19H16O3/c1-22-19(21)17-12-13(9-10-18(17)20)11-15-7-4-6-14-5-2-3-8-16(14)15/h2-10,12,20H,11H2,1H3. The second-order valence-electron chi connectivity index (χ2n) is 5.16. The molecular formula is C19H16O3. The zero-order valence-electron chi connectivity index (χ0n) is 12.2. The van der Waals surface area contributed by atoms with E-state index >= 15 is 0 Å². The van der Waals surface area contributed by atoms with E-state index in [0.717, 1.165) is 5.56 Å². The first-order valence-corrected chi connectivity index (χ1v) is 7.06. The molecule has 22 heavy (non-hydrogen) atoms. The zero-order valence-corrected chi connectivity index (χ0v) is 12.2. The molecule has 0 aromatic heterocycles.